The van der Waals surface area contributed by atoms with E-state index in [1.165, 1.54) is 6.42 Å². The Labute approximate surface area is 128 Å². The van der Waals surface area contributed by atoms with Gasteiger partial charge in [0.2, 0.25) is 0 Å². The molecular formula is C12H16F3N3O5. The Hall–Kier alpha value is -1.88. The lowest BCUT2D eigenvalue weighted by Crippen LogP contribution is -2.58. The Kier molecular flexibility index (Phi) is 5.09. The summed E-state index contributed by atoms with van der Waals surface area (Å²) in [7, 11) is 0. The van der Waals surface area contributed by atoms with Crippen molar-refractivity contribution in [3.63, 3.8) is 0 Å². The molecule has 130 valence electrons. The highest BCUT2D eigenvalue weighted by Crippen LogP contribution is 2.35. The summed E-state index contributed by atoms with van der Waals surface area (Å²) in [6, 6.07) is 0.388. The van der Waals surface area contributed by atoms with Crippen LogP contribution in [0.5, 0.6) is 0 Å². The third-order valence-electron chi connectivity index (χ3n) is 3.59. The molecule has 1 aliphatic carbocycles. The Balaban J connectivity index is 0.000000236. The van der Waals surface area contributed by atoms with E-state index in [0.717, 1.165) is 18.7 Å². The maximum atomic E-state index is 10.6. The standard InChI is InChI=1S/C10H15N3O3.C2HF3O2/c14-4-10(5-15-6-10)12-9-11-8(13-16-9)7-2-1-3-7;3-2(4,5)1(6)7/h7,14H,1-6H2,(H,11,12,13);(H,6,7). The molecule has 0 unspecified atom stereocenters. The largest absolute Gasteiger partial charge is 0.490 e. The van der Waals surface area contributed by atoms with Crippen molar-refractivity contribution >= 4 is 12.0 Å². The molecule has 2 aliphatic rings. The highest BCUT2D eigenvalue weighted by molar-refractivity contribution is 5.73. The molecule has 0 aromatic carbocycles. The Morgan fingerprint density at radius 2 is 2.00 bits per heavy atom. The summed E-state index contributed by atoms with van der Waals surface area (Å²) in [6.45, 7) is 0.962. The number of aliphatic hydroxyl groups excluding tert-OH is 1. The molecule has 1 saturated carbocycles. The van der Waals surface area contributed by atoms with Crippen molar-refractivity contribution in [3.05, 3.63) is 5.82 Å². The van der Waals surface area contributed by atoms with Crippen LogP contribution in [0.2, 0.25) is 0 Å². The fraction of sp³-hybridized carbons (Fsp3) is 0.750. The highest BCUT2D eigenvalue weighted by atomic mass is 19.4. The number of halogens is 3. The number of carboxylic acid groups (broad SMARTS) is 1. The molecule has 0 atom stereocenters. The minimum atomic E-state index is -5.08. The van der Waals surface area contributed by atoms with Gasteiger partial charge in [-0.1, -0.05) is 11.6 Å². The van der Waals surface area contributed by atoms with Crippen LogP contribution in [0.15, 0.2) is 4.52 Å². The minimum absolute atomic E-state index is 0.00808. The van der Waals surface area contributed by atoms with Gasteiger partial charge in [-0.25, -0.2) is 4.79 Å². The molecule has 1 aliphatic heterocycles. The van der Waals surface area contributed by atoms with Crippen molar-refractivity contribution in [1.82, 2.24) is 10.1 Å². The van der Waals surface area contributed by atoms with Crippen molar-refractivity contribution in [2.45, 2.75) is 36.9 Å². The summed E-state index contributed by atoms with van der Waals surface area (Å²) in [6.07, 6.45) is -1.54. The number of nitrogens with one attached hydrogen (secondary N) is 1. The fourth-order valence-electron chi connectivity index (χ4n) is 1.90. The molecule has 2 fully saturated rings. The molecule has 0 radical (unpaired) electrons. The summed E-state index contributed by atoms with van der Waals surface area (Å²) < 4.78 is 41.9. The van der Waals surface area contributed by atoms with Crippen LogP contribution >= 0.6 is 0 Å². The van der Waals surface area contributed by atoms with Gasteiger partial charge in [-0.05, 0) is 12.8 Å². The number of carbonyl (C=O) groups is 1. The van der Waals surface area contributed by atoms with Crippen LogP contribution in [0.1, 0.15) is 31.0 Å². The first-order valence-corrected chi connectivity index (χ1v) is 6.86. The number of rotatable bonds is 4. The van der Waals surface area contributed by atoms with Crippen LogP contribution in [-0.4, -0.2) is 57.9 Å². The van der Waals surface area contributed by atoms with Gasteiger partial charge in [-0.3, -0.25) is 0 Å². The number of aliphatic carboxylic acids is 1. The number of alkyl halides is 3. The Morgan fingerprint density at radius 1 is 1.39 bits per heavy atom. The molecule has 3 N–H and O–H groups in total. The second-order valence-corrected chi connectivity index (χ2v) is 5.44. The van der Waals surface area contributed by atoms with Gasteiger partial charge >= 0.3 is 18.2 Å². The second kappa shape index (κ2) is 6.71. The Bertz CT molecular complexity index is 535. The number of ether oxygens (including phenoxy) is 1. The molecule has 3 rings (SSSR count). The quantitative estimate of drug-likeness (QED) is 0.747. The lowest BCUT2D eigenvalue weighted by molar-refractivity contribution is -0.192. The number of aliphatic hydroxyl groups is 1. The van der Waals surface area contributed by atoms with E-state index in [1.807, 2.05) is 0 Å². The number of hydrogen-bond donors (Lipinski definition) is 3. The van der Waals surface area contributed by atoms with E-state index in [-0.39, 0.29) is 6.61 Å². The van der Waals surface area contributed by atoms with Gasteiger partial charge in [0.25, 0.3) is 0 Å². The van der Waals surface area contributed by atoms with Gasteiger partial charge in [-0.2, -0.15) is 18.2 Å². The Morgan fingerprint density at radius 3 is 2.35 bits per heavy atom. The summed E-state index contributed by atoms with van der Waals surface area (Å²) in [5.74, 6) is -1.52. The number of carboxylic acids is 1. The second-order valence-electron chi connectivity index (χ2n) is 5.44. The number of aromatic nitrogens is 2. The SMILES string of the molecule is O=C(O)C(F)(F)F.OCC1(Nc2nc(C3CCC3)no2)COC1. The van der Waals surface area contributed by atoms with Crippen molar-refractivity contribution in [2.75, 3.05) is 25.1 Å². The smallest absolute Gasteiger partial charge is 0.475 e. The highest BCUT2D eigenvalue weighted by Gasteiger charge is 2.40. The van der Waals surface area contributed by atoms with Crippen molar-refractivity contribution in [3.8, 4) is 0 Å². The van der Waals surface area contributed by atoms with E-state index < -0.39 is 17.7 Å². The molecule has 23 heavy (non-hydrogen) atoms. The molecular weight excluding hydrogens is 323 g/mol. The predicted molar refractivity (Wildman–Crippen MR) is 68.8 cm³/mol. The normalized spacial score (nSPS) is 19.8. The van der Waals surface area contributed by atoms with Gasteiger partial charge in [0.05, 0.1) is 19.8 Å². The van der Waals surface area contributed by atoms with Gasteiger partial charge in [0.1, 0.15) is 5.54 Å². The van der Waals surface area contributed by atoms with E-state index in [1.54, 1.807) is 0 Å². The fourth-order valence-corrected chi connectivity index (χ4v) is 1.90. The molecule has 11 heteroatoms. The summed E-state index contributed by atoms with van der Waals surface area (Å²) >= 11 is 0. The first kappa shape index (κ1) is 17.5. The maximum absolute atomic E-state index is 10.6. The zero-order valence-electron chi connectivity index (χ0n) is 12.0. The van der Waals surface area contributed by atoms with Crippen LogP contribution in [0.25, 0.3) is 0 Å². The van der Waals surface area contributed by atoms with E-state index in [4.69, 9.17) is 19.2 Å². The minimum Gasteiger partial charge on any atom is -0.475 e. The van der Waals surface area contributed by atoms with E-state index in [9.17, 15) is 18.3 Å². The zero-order valence-corrected chi connectivity index (χ0v) is 12.0. The van der Waals surface area contributed by atoms with Crippen LogP contribution in [-0.2, 0) is 9.53 Å². The third-order valence-corrected chi connectivity index (χ3v) is 3.59. The molecule has 1 aromatic rings. The number of hydrogen-bond acceptors (Lipinski definition) is 7. The molecule has 0 spiro atoms. The number of nitrogens with zero attached hydrogens (tertiary/aromatic N) is 2. The predicted octanol–water partition coefficient (Wildman–Crippen LogP) is 1.14. The van der Waals surface area contributed by atoms with E-state index in [0.29, 0.717) is 25.1 Å². The molecule has 0 amide bonds. The molecule has 8 nitrogen and oxygen atoms in total. The van der Waals surface area contributed by atoms with Crippen LogP contribution in [0.3, 0.4) is 0 Å². The van der Waals surface area contributed by atoms with Gasteiger partial charge in [0, 0.05) is 5.92 Å². The summed E-state index contributed by atoms with van der Waals surface area (Å²) in [5, 5.41) is 23.4. The monoisotopic (exact) mass is 339 g/mol. The average molecular weight is 339 g/mol. The lowest BCUT2D eigenvalue weighted by atomic mass is 9.85. The summed E-state index contributed by atoms with van der Waals surface area (Å²) in [5.41, 5.74) is -0.427. The molecule has 1 saturated heterocycles. The van der Waals surface area contributed by atoms with E-state index in [2.05, 4.69) is 15.5 Å². The van der Waals surface area contributed by atoms with Gasteiger partial charge in [0.15, 0.2) is 5.82 Å². The van der Waals surface area contributed by atoms with Crippen molar-refractivity contribution < 1.29 is 37.4 Å². The lowest BCUT2D eigenvalue weighted by Gasteiger charge is -2.39. The average Bonchev–Trinajstić information content (AvgIpc) is 2.79. The first-order valence-electron chi connectivity index (χ1n) is 6.86. The molecule has 1 aromatic heterocycles. The van der Waals surface area contributed by atoms with E-state index >= 15 is 0 Å². The van der Waals surface area contributed by atoms with Gasteiger partial charge < -0.3 is 24.8 Å². The first-order chi connectivity index (χ1) is 10.8. The van der Waals surface area contributed by atoms with Crippen molar-refractivity contribution in [1.29, 1.82) is 0 Å². The zero-order chi connectivity index (χ0) is 17.1. The molecule has 2 heterocycles. The van der Waals surface area contributed by atoms with Crippen LogP contribution < -0.4 is 5.32 Å². The number of anilines is 1. The van der Waals surface area contributed by atoms with Crippen molar-refractivity contribution in [2.24, 2.45) is 0 Å². The summed E-state index contributed by atoms with van der Waals surface area (Å²) in [4.78, 5) is 13.2. The topological polar surface area (TPSA) is 118 Å². The maximum Gasteiger partial charge on any atom is 0.490 e. The molecule has 0 bridgehead atoms. The van der Waals surface area contributed by atoms with Crippen LogP contribution in [0.4, 0.5) is 19.2 Å². The third kappa shape index (κ3) is 4.32. The van der Waals surface area contributed by atoms with Gasteiger partial charge in [-0.15, -0.1) is 0 Å². The van der Waals surface area contributed by atoms with Crippen LogP contribution in [0, 0.1) is 0 Å².